The van der Waals surface area contributed by atoms with Crippen LogP contribution in [0, 0.1) is 6.92 Å². The summed E-state index contributed by atoms with van der Waals surface area (Å²) in [5, 5.41) is 0.490. The molecule has 0 fully saturated rings. The summed E-state index contributed by atoms with van der Waals surface area (Å²) in [5.41, 5.74) is 1.75. The number of Topliss-reactive ketones (excluding diaryl/α,β-unsaturated/α-hetero) is 1. The molecular weight excluding hydrogens is 344 g/mol. The Balaban J connectivity index is 2.10. The van der Waals surface area contributed by atoms with E-state index in [4.69, 9.17) is 11.6 Å². The average molecular weight is 356 g/mol. The molecule has 0 amide bonds. The highest BCUT2D eigenvalue weighted by Crippen LogP contribution is 2.27. The average Bonchev–Trinajstić information content (AvgIpc) is 2.36. The van der Waals surface area contributed by atoms with Crippen molar-refractivity contribution in [1.82, 2.24) is 0 Å². The van der Waals surface area contributed by atoms with Crippen molar-refractivity contribution in [2.75, 3.05) is 5.75 Å². The van der Waals surface area contributed by atoms with Crippen molar-refractivity contribution in [2.45, 2.75) is 11.8 Å². The van der Waals surface area contributed by atoms with Crippen LogP contribution in [0.25, 0.3) is 0 Å². The summed E-state index contributed by atoms with van der Waals surface area (Å²) >= 11 is 11.0. The fraction of sp³-hybridized carbons (Fsp3) is 0.133. The SMILES string of the molecule is Cc1cccc(SCC(=O)c2c(Cl)cccc2Br)c1. The van der Waals surface area contributed by atoms with Gasteiger partial charge in [0.2, 0.25) is 0 Å². The molecule has 0 N–H and O–H groups in total. The lowest BCUT2D eigenvalue weighted by Crippen LogP contribution is -2.04. The predicted octanol–water partition coefficient (Wildman–Crippen LogP) is 5.39. The number of aryl methyl sites for hydroxylation is 1. The second-order valence-electron chi connectivity index (χ2n) is 4.13. The quantitative estimate of drug-likeness (QED) is 0.540. The van der Waals surface area contributed by atoms with Gasteiger partial charge in [0.1, 0.15) is 0 Å². The Bertz CT molecular complexity index is 593. The van der Waals surface area contributed by atoms with E-state index in [2.05, 4.69) is 22.0 Å². The number of halogens is 2. The molecule has 4 heteroatoms. The summed E-state index contributed by atoms with van der Waals surface area (Å²) in [4.78, 5) is 13.3. The van der Waals surface area contributed by atoms with Gasteiger partial charge in [-0.15, -0.1) is 11.8 Å². The molecular formula is C15H12BrClOS. The van der Waals surface area contributed by atoms with E-state index in [0.29, 0.717) is 16.3 Å². The first-order valence-corrected chi connectivity index (χ1v) is 7.90. The largest absolute Gasteiger partial charge is 0.293 e. The van der Waals surface area contributed by atoms with E-state index in [1.165, 1.54) is 17.3 Å². The summed E-state index contributed by atoms with van der Waals surface area (Å²) in [7, 11) is 0. The summed E-state index contributed by atoms with van der Waals surface area (Å²) in [6, 6.07) is 13.5. The van der Waals surface area contributed by atoms with E-state index in [-0.39, 0.29) is 5.78 Å². The fourth-order valence-electron chi connectivity index (χ4n) is 1.69. The van der Waals surface area contributed by atoms with Gasteiger partial charge in [0.05, 0.1) is 16.3 Å². The lowest BCUT2D eigenvalue weighted by molar-refractivity contribution is 0.102. The molecule has 0 aromatic heterocycles. The van der Waals surface area contributed by atoms with Crippen LogP contribution in [0.1, 0.15) is 15.9 Å². The summed E-state index contributed by atoms with van der Waals surface area (Å²) in [5.74, 6) is 0.412. The molecule has 2 rings (SSSR count). The molecule has 2 aromatic carbocycles. The normalized spacial score (nSPS) is 10.5. The molecule has 0 aliphatic heterocycles. The van der Waals surface area contributed by atoms with Gasteiger partial charge in [-0.3, -0.25) is 4.79 Å². The highest BCUT2D eigenvalue weighted by molar-refractivity contribution is 9.10. The number of hydrogen-bond acceptors (Lipinski definition) is 2. The van der Waals surface area contributed by atoms with Crippen LogP contribution >= 0.6 is 39.3 Å². The van der Waals surface area contributed by atoms with Gasteiger partial charge < -0.3 is 0 Å². The molecule has 0 bridgehead atoms. The van der Waals surface area contributed by atoms with Crippen molar-refractivity contribution in [3.63, 3.8) is 0 Å². The fourth-order valence-corrected chi connectivity index (χ4v) is 3.56. The van der Waals surface area contributed by atoms with Crippen molar-refractivity contribution in [3.05, 3.63) is 63.1 Å². The Morgan fingerprint density at radius 3 is 2.68 bits per heavy atom. The first kappa shape index (κ1) is 14.6. The second kappa shape index (κ2) is 6.60. The zero-order valence-electron chi connectivity index (χ0n) is 10.3. The molecule has 19 heavy (non-hydrogen) atoms. The maximum Gasteiger partial charge on any atom is 0.175 e. The lowest BCUT2D eigenvalue weighted by Gasteiger charge is -2.06. The van der Waals surface area contributed by atoms with Gasteiger partial charge in [0.25, 0.3) is 0 Å². The highest BCUT2D eigenvalue weighted by atomic mass is 79.9. The van der Waals surface area contributed by atoms with Crippen LogP contribution in [0.15, 0.2) is 51.8 Å². The minimum atomic E-state index is 0.0315. The number of thioether (sulfide) groups is 1. The topological polar surface area (TPSA) is 17.1 Å². The third kappa shape index (κ3) is 3.85. The molecule has 0 saturated carbocycles. The number of ketones is 1. The van der Waals surface area contributed by atoms with E-state index in [0.717, 1.165) is 9.37 Å². The number of hydrogen-bond donors (Lipinski definition) is 0. The standard InChI is InChI=1S/C15H12BrClOS/c1-10-4-2-5-11(8-10)19-9-14(18)15-12(16)6-3-7-13(15)17/h2-8H,9H2,1H3. The zero-order chi connectivity index (χ0) is 13.8. The van der Waals surface area contributed by atoms with Gasteiger partial charge in [-0.1, -0.05) is 35.4 Å². The van der Waals surface area contributed by atoms with Gasteiger partial charge in [-0.05, 0) is 47.1 Å². The van der Waals surface area contributed by atoms with E-state index < -0.39 is 0 Å². The first-order valence-electron chi connectivity index (χ1n) is 5.74. The summed E-state index contributed by atoms with van der Waals surface area (Å²) in [6.07, 6.45) is 0. The van der Waals surface area contributed by atoms with Crippen LogP contribution in [0.5, 0.6) is 0 Å². The van der Waals surface area contributed by atoms with Crippen LogP contribution in [0.2, 0.25) is 5.02 Å². The smallest absolute Gasteiger partial charge is 0.175 e. The molecule has 1 nitrogen and oxygen atoms in total. The minimum Gasteiger partial charge on any atom is -0.293 e. The van der Waals surface area contributed by atoms with Crippen LogP contribution < -0.4 is 0 Å². The number of benzene rings is 2. The Kier molecular flexibility index (Phi) is 5.08. The third-order valence-electron chi connectivity index (χ3n) is 2.60. The van der Waals surface area contributed by atoms with Gasteiger partial charge in [-0.25, -0.2) is 0 Å². The van der Waals surface area contributed by atoms with Crippen LogP contribution in [0.4, 0.5) is 0 Å². The Morgan fingerprint density at radius 2 is 2.00 bits per heavy atom. The van der Waals surface area contributed by atoms with Crippen molar-refractivity contribution >= 4 is 45.1 Å². The number of rotatable bonds is 4. The zero-order valence-corrected chi connectivity index (χ0v) is 13.5. The van der Waals surface area contributed by atoms with Crippen molar-refractivity contribution < 1.29 is 4.79 Å². The monoisotopic (exact) mass is 354 g/mol. The summed E-state index contributed by atoms with van der Waals surface area (Å²) < 4.78 is 0.745. The molecule has 98 valence electrons. The summed E-state index contributed by atoms with van der Waals surface area (Å²) in [6.45, 7) is 2.04. The van der Waals surface area contributed by atoms with Crippen LogP contribution in [-0.4, -0.2) is 11.5 Å². The Morgan fingerprint density at radius 1 is 1.26 bits per heavy atom. The van der Waals surface area contributed by atoms with E-state index in [9.17, 15) is 4.79 Å². The number of carbonyl (C=O) groups is 1. The van der Waals surface area contributed by atoms with Crippen LogP contribution in [-0.2, 0) is 0 Å². The van der Waals surface area contributed by atoms with Crippen molar-refractivity contribution in [1.29, 1.82) is 0 Å². The molecule has 0 atom stereocenters. The Labute approximate surface area is 130 Å². The molecule has 0 heterocycles. The Hall–Kier alpha value is -0.770. The molecule has 2 aromatic rings. The maximum absolute atomic E-state index is 12.2. The molecule has 0 saturated heterocycles. The molecule has 0 radical (unpaired) electrons. The highest BCUT2D eigenvalue weighted by Gasteiger charge is 2.14. The van der Waals surface area contributed by atoms with Crippen molar-refractivity contribution in [3.8, 4) is 0 Å². The number of carbonyl (C=O) groups excluding carboxylic acids is 1. The third-order valence-corrected chi connectivity index (χ3v) is 4.57. The first-order chi connectivity index (χ1) is 9.08. The van der Waals surface area contributed by atoms with Crippen molar-refractivity contribution in [2.24, 2.45) is 0 Å². The van der Waals surface area contributed by atoms with Gasteiger partial charge >= 0.3 is 0 Å². The van der Waals surface area contributed by atoms with Crippen LogP contribution in [0.3, 0.4) is 0 Å². The van der Waals surface area contributed by atoms with E-state index >= 15 is 0 Å². The maximum atomic E-state index is 12.2. The molecule has 0 aliphatic carbocycles. The molecule has 0 aliphatic rings. The minimum absolute atomic E-state index is 0.0315. The second-order valence-corrected chi connectivity index (χ2v) is 6.44. The predicted molar refractivity (Wildman–Crippen MR) is 85.4 cm³/mol. The van der Waals surface area contributed by atoms with Gasteiger partial charge in [0.15, 0.2) is 5.78 Å². The lowest BCUT2D eigenvalue weighted by atomic mass is 10.1. The van der Waals surface area contributed by atoms with E-state index in [1.807, 2.05) is 37.3 Å². The van der Waals surface area contributed by atoms with Gasteiger partial charge in [-0.2, -0.15) is 0 Å². The van der Waals surface area contributed by atoms with Gasteiger partial charge in [0, 0.05) is 9.37 Å². The molecule has 0 unspecified atom stereocenters. The van der Waals surface area contributed by atoms with E-state index in [1.54, 1.807) is 6.07 Å². The molecule has 0 spiro atoms.